The van der Waals surface area contributed by atoms with Crippen molar-refractivity contribution in [2.45, 2.75) is 76.9 Å². The lowest BCUT2D eigenvalue weighted by molar-refractivity contribution is -0.155. The molecule has 4 nitrogen and oxygen atoms in total. The summed E-state index contributed by atoms with van der Waals surface area (Å²) >= 11 is 5.99. The molecule has 2 aromatic carbocycles. The molecule has 0 bridgehead atoms. The number of nitrogens with zero attached hydrogens (tertiary/aromatic N) is 1. The summed E-state index contributed by atoms with van der Waals surface area (Å²) in [6.45, 7) is 6.63. The van der Waals surface area contributed by atoms with Crippen molar-refractivity contribution in [3.05, 3.63) is 70.5 Å². The van der Waals surface area contributed by atoms with Crippen molar-refractivity contribution in [2.75, 3.05) is 19.6 Å². The lowest BCUT2D eigenvalue weighted by Crippen LogP contribution is -2.42. The summed E-state index contributed by atoms with van der Waals surface area (Å²) in [5, 5.41) is 11.8. The van der Waals surface area contributed by atoms with Gasteiger partial charge in [-0.1, -0.05) is 62.6 Å². The first kappa shape index (κ1) is 27.6. The van der Waals surface area contributed by atoms with E-state index in [1.54, 1.807) is 12.1 Å². The maximum Gasteiger partial charge on any atom is 0.309 e. The van der Waals surface area contributed by atoms with Crippen molar-refractivity contribution in [1.82, 2.24) is 4.90 Å². The molecular formula is C29H39ClFNO3. The number of hydrogen-bond donors (Lipinski definition) is 1. The fraction of sp³-hybridized carbons (Fsp3) is 0.552. The van der Waals surface area contributed by atoms with Gasteiger partial charge < -0.3 is 14.7 Å². The highest BCUT2D eigenvalue weighted by atomic mass is 35.5. The SMILES string of the molecule is CCCC(CCC)C(=O)OC(CCCN1CCC(O)(c2ccc(Cl)cc2)CC1)c1ccc(F)cc1. The van der Waals surface area contributed by atoms with Crippen LogP contribution in [0.3, 0.4) is 0 Å². The summed E-state index contributed by atoms with van der Waals surface area (Å²) in [5.74, 6) is -0.523. The second-order valence-electron chi connectivity index (χ2n) is 9.77. The van der Waals surface area contributed by atoms with Gasteiger partial charge in [-0.2, -0.15) is 0 Å². The van der Waals surface area contributed by atoms with Crippen LogP contribution in [0, 0.1) is 11.7 Å². The Morgan fingerprint density at radius 2 is 1.63 bits per heavy atom. The molecule has 1 unspecified atom stereocenters. The van der Waals surface area contributed by atoms with E-state index in [0.717, 1.165) is 62.9 Å². The van der Waals surface area contributed by atoms with E-state index in [9.17, 15) is 14.3 Å². The van der Waals surface area contributed by atoms with Gasteiger partial charge in [-0.25, -0.2) is 4.39 Å². The van der Waals surface area contributed by atoms with E-state index >= 15 is 0 Å². The molecule has 0 radical (unpaired) electrons. The third kappa shape index (κ3) is 8.03. The Kier molecular flexibility index (Phi) is 10.6. The summed E-state index contributed by atoms with van der Waals surface area (Å²) < 4.78 is 19.5. The number of rotatable bonds is 12. The average Bonchev–Trinajstić information content (AvgIpc) is 2.85. The lowest BCUT2D eigenvalue weighted by atomic mass is 9.84. The van der Waals surface area contributed by atoms with Gasteiger partial charge in [-0.15, -0.1) is 0 Å². The van der Waals surface area contributed by atoms with Gasteiger partial charge >= 0.3 is 5.97 Å². The molecule has 35 heavy (non-hydrogen) atoms. The molecule has 2 aromatic rings. The minimum Gasteiger partial charge on any atom is -0.457 e. The molecule has 3 rings (SSSR count). The standard InChI is InChI=1S/C29H39ClFNO3/c1-3-6-23(7-4-2)28(33)35-27(22-9-15-26(31)16-10-22)8-5-19-32-20-17-29(34,18-21-32)24-11-13-25(30)14-12-24/h9-16,23,27,34H,3-8,17-21H2,1-2H3. The van der Waals surface area contributed by atoms with Gasteiger partial charge in [-0.3, -0.25) is 4.79 Å². The number of carbonyl (C=O) groups is 1. The van der Waals surface area contributed by atoms with Gasteiger partial charge in [0.25, 0.3) is 0 Å². The van der Waals surface area contributed by atoms with E-state index in [4.69, 9.17) is 16.3 Å². The van der Waals surface area contributed by atoms with Crippen LogP contribution in [-0.2, 0) is 15.1 Å². The van der Waals surface area contributed by atoms with Crippen molar-refractivity contribution in [1.29, 1.82) is 0 Å². The van der Waals surface area contributed by atoms with Crippen LogP contribution in [0.5, 0.6) is 0 Å². The van der Waals surface area contributed by atoms with Crippen LogP contribution >= 0.6 is 11.6 Å². The molecule has 1 aliphatic rings. The zero-order valence-electron chi connectivity index (χ0n) is 21.0. The van der Waals surface area contributed by atoms with E-state index < -0.39 is 5.60 Å². The molecule has 0 amide bonds. The topological polar surface area (TPSA) is 49.8 Å². The molecule has 1 heterocycles. The largest absolute Gasteiger partial charge is 0.457 e. The van der Waals surface area contributed by atoms with Crippen molar-refractivity contribution in [3.63, 3.8) is 0 Å². The van der Waals surface area contributed by atoms with Crippen LogP contribution in [0.1, 0.15) is 82.4 Å². The van der Waals surface area contributed by atoms with E-state index in [-0.39, 0.29) is 23.8 Å². The highest BCUT2D eigenvalue weighted by molar-refractivity contribution is 6.30. The molecule has 1 atom stereocenters. The molecule has 192 valence electrons. The van der Waals surface area contributed by atoms with Crippen molar-refractivity contribution < 1.29 is 19.0 Å². The average molecular weight is 504 g/mol. The maximum absolute atomic E-state index is 13.5. The number of piperidine rings is 1. The fourth-order valence-electron chi connectivity index (χ4n) is 4.98. The van der Waals surface area contributed by atoms with Crippen LogP contribution in [0.15, 0.2) is 48.5 Å². The zero-order chi connectivity index (χ0) is 25.3. The van der Waals surface area contributed by atoms with Gasteiger partial charge in [0.1, 0.15) is 11.9 Å². The Morgan fingerprint density at radius 1 is 1.03 bits per heavy atom. The Bertz CT molecular complexity index is 905. The predicted octanol–water partition coefficient (Wildman–Crippen LogP) is 7.04. The molecule has 0 saturated carbocycles. The van der Waals surface area contributed by atoms with Crippen molar-refractivity contribution in [3.8, 4) is 0 Å². The predicted molar refractivity (Wildman–Crippen MR) is 139 cm³/mol. The zero-order valence-corrected chi connectivity index (χ0v) is 21.8. The Hall–Kier alpha value is -1.95. The molecule has 1 aliphatic heterocycles. The van der Waals surface area contributed by atoms with E-state index in [1.807, 2.05) is 24.3 Å². The number of likely N-dealkylation sites (tertiary alicyclic amines) is 1. The second-order valence-corrected chi connectivity index (χ2v) is 10.2. The number of aliphatic hydroxyl groups is 1. The molecule has 1 fully saturated rings. The molecule has 0 aliphatic carbocycles. The normalized spacial score (nSPS) is 16.9. The minimum absolute atomic E-state index is 0.0828. The first-order valence-electron chi connectivity index (χ1n) is 13.0. The van der Waals surface area contributed by atoms with Gasteiger partial charge in [0.15, 0.2) is 0 Å². The number of carbonyl (C=O) groups excluding carboxylic acids is 1. The number of esters is 1. The van der Waals surface area contributed by atoms with E-state index in [1.165, 1.54) is 12.1 Å². The van der Waals surface area contributed by atoms with Crippen LogP contribution in [0.2, 0.25) is 5.02 Å². The number of ether oxygens (including phenoxy) is 1. The van der Waals surface area contributed by atoms with Gasteiger partial charge in [0, 0.05) is 18.1 Å². The third-order valence-corrected chi connectivity index (χ3v) is 7.37. The minimum atomic E-state index is -0.819. The first-order chi connectivity index (χ1) is 16.8. The molecule has 0 aromatic heterocycles. The van der Waals surface area contributed by atoms with Crippen molar-refractivity contribution in [2.24, 2.45) is 5.92 Å². The summed E-state index contributed by atoms with van der Waals surface area (Å²) in [5.41, 5.74) is 0.932. The highest BCUT2D eigenvalue weighted by Crippen LogP contribution is 2.34. The maximum atomic E-state index is 13.5. The lowest BCUT2D eigenvalue weighted by Gasteiger charge is -2.38. The third-order valence-electron chi connectivity index (χ3n) is 7.11. The first-order valence-corrected chi connectivity index (χ1v) is 13.4. The number of hydrogen-bond acceptors (Lipinski definition) is 4. The highest BCUT2D eigenvalue weighted by Gasteiger charge is 2.34. The fourth-order valence-corrected chi connectivity index (χ4v) is 5.11. The van der Waals surface area contributed by atoms with Crippen LogP contribution in [0.4, 0.5) is 4.39 Å². The molecule has 0 spiro atoms. The molecular weight excluding hydrogens is 465 g/mol. The summed E-state index contributed by atoms with van der Waals surface area (Å²) in [6.07, 6.45) is 6.02. The Labute approximate surface area is 214 Å². The number of benzene rings is 2. The summed E-state index contributed by atoms with van der Waals surface area (Å²) in [4.78, 5) is 15.3. The van der Waals surface area contributed by atoms with Crippen molar-refractivity contribution >= 4 is 17.6 Å². The quantitative estimate of drug-likeness (QED) is 0.315. The second kappa shape index (κ2) is 13.4. The van der Waals surface area contributed by atoms with Gasteiger partial charge in [0.2, 0.25) is 0 Å². The van der Waals surface area contributed by atoms with Gasteiger partial charge in [-0.05, 0) is 80.5 Å². The van der Waals surface area contributed by atoms with Crippen LogP contribution in [-0.4, -0.2) is 35.6 Å². The molecule has 1 N–H and O–H groups in total. The van der Waals surface area contributed by atoms with E-state index in [0.29, 0.717) is 24.3 Å². The van der Waals surface area contributed by atoms with Crippen LogP contribution < -0.4 is 0 Å². The molecule has 1 saturated heterocycles. The number of halogens is 2. The Morgan fingerprint density at radius 3 is 2.20 bits per heavy atom. The van der Waals surface area contributed by atoms with E-state index in [2.05, 4.69) is 18.7 Å². The monoisotopic (exact) mass is 503 g/mol. The summed E-state index contributed by atoms with van der Waals surface area (Å²) in [7, 11) is 0. The van der Waals surface area contributed by atoms with Crippen LogP contribution in [0.25, 0.3) is 0 Å². The van der Waals surface area contributed by atoms with Gasteiger partial charge in [0.05, 0.1) is 11.5 Å². The Balaban J connectivity index is 1.56. The smallest absolute Gasteiger partial charge is 0.309 e. The summed E-state index contributed by atoms with van der Waals surface area (Å²) in [6, 6.07) is 13.7. The molecule has 6 heteroatoms.